The number of methoxy groups -OCH3 is 2. The standard InChI is InChI=1S/C16H16N4O5/c1-24-14-4-3-10(15(8-14)25-2)9-18-19-16(21)11-5-12(17)7-13(6-11)20(22)23/h3-9H,17H2,1-2H3,(H,19,21). The lowest BCUT2D eigenvalue weighted by Crippen LogP contribution is -2.18. The van der Waals surface area contributed by atoms with Gasteiger partial charge in [-0.25, -0.2) is 5.43 Å². The maximum Gasteiger partial charge on any atom is 0.272 e. The summed E-state index contributed by atoms with van der Waals surface area (Å²) in [5.41, 5.74) is 8.34. The molecule has 130 valence electrons. The van der Waals surface area contributed by atoms with E-state index in [4.69, 9.17) is 15.2 Å². The number of benzene rings is 2. The summed E-state index contributed by atoms with van der Waals surface area (Å²) < 4.78 is 10.3. The Morgan fingerprint density at radius 3 is 2.64 bits per heavy atom. The fourth-order valence-electron chi connectivity index (χ4n) is 2.02. The second kappa shape index (κ2) is 7.77. The van der Waals surface area contributed by atoms with Gasteiger partial charge in [0.2, 0.25) is 0 Å². The van der Waals surface area contributed by atoms with Crippen LogP contribution >= 0.6 is 0 Å². The van der Waals surface area contributed by atoms with Crippen LogP contribution in [0.5, 0.6) is 11.5 Å². The lowest BCUT2D eigenvalue weighted by molar-refractivity contribution is -0.384. The van der Waals surface area contributed by atoms with E-state index in [1.165, 1.54) is 32.6 Å². The Bertz CT molecular complexity index is 835. The number of rotatable bonds is 6. The topological polar surface area (TPSA) is 129 Å². The van der Waals surface area contributed by atoms with Gasteiger partial charge in [-0.2, -0.15) is 5.10 Å². The SMILES string of the molecule is COc1ccc(C=NNC(=O)c2cc(N)cc([N+](=O)[O-])c2)c(OC)c1. The molecule has 0 aromatic heterocycles. The third-order valence-corrected chi connectivity index (χ3v) is 3.22. The number of carbonyl (C=O) groups excluding carboxylic acids is 1. The van der Waals surface area contributed by atoms with Gasteiger partial charge in [0.25, 0.3) is 11.6 Å². The van der Waals surface area contributed by atoms with Crippen LogP contribution in [0.15, 0.2) is 41.5 Å². The molecule has 9 heteroatoms. The minimum atomic E-state index is -0.626. The van der Waals surface area contributed by atoms with E-state index in [9.17, 15) is 14.9 Å². The monoisotopic (exact) mass is 344 g/mol. The van der Waals surface area contributed by atoms with Crippen LogP contribution in [0, 0.1) is 10.1 Å². The maximum absolute atomic E-state index is 12.1. The van der Waals surface area contributed by atoms with Gasteiger partial charge >= 0.3 is 0 Å². The van der Waals surface area contributed by atoms with E-state index in [0.29, 0.717) is 17.1 Å². The van der Waals surface area contributed by atoms with Crippen LogP contribution in [0.4, 0.5) is 11.4 Å². The number of hydrogen-bond donors (Lipinski definition) is 2. The van der Waals surface area contributed by atoms with Crippen molar-refractivity contribution in [1.82, 2.24) is 5.43 Å². The summed E-state index contributed by atoms with van der Waals surface area (Å²) in [6.07, 6.45) is 1.39. The molecule has 2 aromatic rings. The van der Waals surface area contributed by atoms with Gasteiger partial charge < -0.3 is 15.2 Å². The summed E-state index contributed by atoms with van der Waals surface area (Å²) in [5, 5.41) is 14.6. The van der Waals surface area contributed by atoms with Crippen LogP contribution in [0.2, 0.25) is 0 Å². The fourth-order valence-corrected chi connectivity index (χ4v) is 2.02. The number of anilines is 1. The summed E-state index contributed by atoms with van der Waals surface area (Å²) in [4.78, 5) is 22.3. The highest BCUT2D eigenvalue weighted by atomic mass is 16.6. The van der Waals surface area contributed by atoms with Gasteiger partial charge in [0.1, 0.15) is 11.5 Å². The first-order valence-corrected chi connectivity index (χ1v) is 7.05. The second-order valence-corrected chi connectivity index (χ2v) is 4.88. The predicted octanol–water partition coefficient (Wildman–Crippen LogP) is 1.96. The van der Waals surface area contributed by atoms with E-state index in [0.717, 1.165) is 6.07 Å². The Hall–Kier alpha value is -3.62. The summed E-state index contributed by atoms with van der Waals surface area (Å²) in [6.45, 7) is 0. The fraction of sp³-hybridized carbons (Fsp3) is 0.125. The summed E-state index contributed by atoms with van der Waals surface area (Å²) in [6, 6.07) is 8.71. The molecule has 0 aliphatic heterocycles. The van der Waals surface area contributed by atoms with Crippen molar-refractivity contribution < 1.29 is 19.2 Å². The number of nitrogen functional groups attached to an aromatic ring is 1. The van der Waals surface area contributed by atoms with Gasteiger partial charge in [-0.3, -0.25) is 14.9 Å². The van der Waals surface area contributed by atoms with E-state index in [1.54, 1.807) is 18.2 Å². The van der Waals surface area contributed by atoms with Crippen molar-refractivity contribution >= 4 is 23.5 Å². The van der Waals surface area contributed by atoms with E-state index >= 15 is 0 Å². The molecule has 0 atom stereocenters. The lowest BCUT2D eigenvalue weighted by atomic mass is 10.1. The second-order valence-electron chi connectivity index (χ2n) is 4.88. The molecular formula is C16H16N4O5. The zero-order chi connectivity index (χ0) is 18.4. The number of hydrogen-bond acceptors (Lipinski definition) is 7. The van der Waals surface area contributed by atoms with Gasteiger partial charge in [0, 0.05) is 29.4 Å². The van der Waals surface area contributed by atoms with Crippen molar-refractivity contribution in [1.29, 1.82) is 0 Å². The first-order chi connectivity index (χ1) is 11.9. The molecule has 9 nitrogen and oxygen atoms in total. The summed E-state index contributed by atoms with van der Waals surface area (Å²) in [7, 11) is 3.03. The molecule has 2 aromatic carbocycles. The lowest BCUT2D eigenvalue weighted by Gasteiger charge is -2.07. The van der Waals surface area contributed by atoms with E-state index in [1.807, 2.05) is 0 Å². The molecule has 1 amide bonds. The number of carbonyl (C=O) groups is 1. The first-order valence-electron chi connectivity index (χ1n) is 7.05. The van der Waals surface area contributed by atoms with E-state index < -0.39 is 10.8 Å². The Morgan fingerprint density at radius 1 is 1.24 bits per heavy atom. The number of ether oxygens (including phenoxy) is 2. The highest BCUT2D eigenvalue weighted by Crippen LogP contribution is 2.23. The third-order valence-electron chi connectivity index (χ3n) is 3.22. The number of hydrazone groups is 1. The number of nitrogens with zero attached hydrogens (tertiary/aromatic N) is 2. The minimum absolute atomic E-state index is 0.0329. The molecule has 0 bridgehead atoms. The van der Waals surface area contributed by atoms with Crippen molar-refractivity contribution in [2.75, 3.05) is 20.0 Å². The Balaban J connectivity index is 2.15. The minimum Gasteiger partial charge on any atom is -0.497 e. The molecule has 0 aliphatic rings. The van der Waals surface area contributed by atoms with Gasteiger partial charge in [0.05, 0.1) is 30.9 Å². The van der Waals surface area contributed by atoms with Crippen LogP contribution in [-0.4, -0.2) is 31.3 Å². The van der Waals surface area contributed by atoms with Crippen LogP contribution in [-0.2, 0) is 0 Å². The normalized spacial score (nSPS) is 10.5. The predicted molar refractivity (Wildman–Crippen MR) is 92.1 cm³/mol. The summed E-state index contributed by atoms with van der Waals surface area (Å²) >= 11 is 0. The van der Waals surface area contributed by atoms with Crippen LogP contribution in [0.1, 0.15) is 15.9 Å². The highest BCUT2D eigenvalue weighted by Gasteiger charge is 2.13. The Kier molecular flexibility index (Phi) is 5.51. The Morgan fingerprint density at radius 2 is 2.00 bits per heavy atom. The number of non-ortho nitro benzene ring substituents is 1. The van der Waals surface area contributed by atoms with E-state index in [-0.39, 0.29) is 16.9 Å². The van der Waals surface area contributed by atoms with Crippen molar-refractivity contribution in [2.24, 2.45) is 5.10 Å². The number of nitrogens with one attached hydrogen (secondary N) is 1. The molecule has 0 spiro atoms. The third kappa shape index (κ3) is 4.44. The van der Waals surface area contributed by atoms with Crippen molar-refractivity contribution in [3.63, 3.8) is 0 Å². The van der Waals surface area contributed by atoms with Gasteiger partial charge in [-0.05, 0) is 18.2 Å². The molecule has 0 fully saturated rings. The van der Waals surface area contributed by atoms with Crippen LogP contribution < -0.4 is 20.6 Å². The number of nitro groups is 1. The molecule has 0 unspecified atom stereocenters. The smallest absolute Gasteiger partial charge is 0.272 e. The molecule has 0 aliphatic carbocycles. The maximum atomic E-state index is 12.1. The van der Waals surface area contributed by atoms with Gasteiger partial charge in [0.15, 0.2) is 0 Å². The molecular weight excluding hydrogens is 328 g/mol. The van der Waals surface area contributed by atoms with Crippen molar-refractivity contribution in [3.05, 3.63) is 57.6 Å². The van der Waals surface area contributed by atoms with Crippen molar-refractivity contribution in [2.45, 2.75) is 0 Å². The molecule has 0 saturated carbocycles. The Labute approximate surface area is 143 Å². The van der Waals surface area contributed by atoms with E-state index in [2.05, 4.69) is 10.5 Å². The molecule has 0 heterocycles. The molecule has 25 heavy (non-hydrogen) atoms. The van der Waals surface area contributed by atoms with Crippen LogP contribution in [0.3, 0.4) is 0 Å². The number of amides is 1. The highest BCUT2D eigenvalue weighted by molar-refractivity contribution is 5.96. The largest absolute Gasteiger partial charge is 0.497 e. The van der Waals surface area contributed by atoms with Crippen LogP contribution in [0.25, 0.3) is 0 Å². The average molecular weight is 344 g/mol. The first kappa shape index (κ1) is 17.7. The van der Waals surface area contributed by atoms with Crippen molar-refractivity contribution in [3.8, 4) is 11.5 Å². The quantitative estimate of drug-likeness (QED) is 0.357. The number of nitrogens with two attached hydrogens (primary N) is 1. The molecule has 2 rings (SSSR count). The average Bonchev–Trinajstić information content (AvgIpc) is 2.61. The zero-order valence-corrected chi connectivity index (χ0v) is 13.6. The molecule has 0 saturated heterocycles. The molecule has 3 N–H and O–H groups in total. The van der Waals surface area contributed by atoms with Gasteiger partial charge in [-0.1, -0.05) is 0 Å². The number of nitro benzene ring substituents is 1. The summed E-state index contributed by atoms with van der Waals surface area (Å²) in [5.74, 6) is 0.501. The molecule has 0 radical (unpaired) electrons. The van der Waals surface area contributed by atoms with Gasteiger partial charge in [-0.15, -0.1) is 0 Å². The zero-order valence-electron chi connectivity index (χ0n) is 13.6.